The molecule has 9 nitrogen and oxygen atoms in total. The number of nitrogen functional groups attached to an aromatic ring is 1. The summed E-state index contributed by atoms with van der Waals surface area (Å²) in [6.45, 7) is -0.0440. The summed E-state index contributed by atoms with van der Waals surface area (Å²) in [5.41, 5.74) is 7.36. The number of aromatic amines is 1. The fourth-order valence-corrected chi connectivity index (χ4v) is 5.79. The van der Waals surface area contributed by atoms with E-state index >= 15 is 0 Å². The van der Waals surface area contributed by atoms with Gasteiger partial charge in [0.25, 0.3) is 0 Å². The lowest BCUT2D eigenvalue weighted by atomic mass is 10.0. The maximum absolute atomic E-state index is 13.2. The first kappa shape index (κ1) is 25.0. The summed E-state index contributed by atoms with van der Waals surface area (Å²) in [6.07, 6.45) is -4.62. The van der Waals surface area contributed by atoms with Crippen LogP contribution in [0.5, 0.6) is 0 Å². The minimum absolute atomic E-state index is 0.0890. The SMILES string of the molecule is Nc1n[nH]c2cc(-c3ccc(S(=O)(=O)N4CC[C@@H](Nc5ccc(C(F)(F)F)cn5)[C@@H](O)C4)cc3)ccc12. The predicted octanol–water partition coefficient (Wildman–Crippen LogP) is 3.46. The molecule has 5 N–H and O–H groups in total. The smallest absolute Gasteiger partial charge is 0.390 e. The zero-order chi connectivity index (χ0) is 26.4. The molecule has 2 aromatic heterocycles. The van der Waals surface area contributed by atoms with E-state index in [4.69, 9.17) is 5.73 Å². The molecule has 13 heteroatoms. The summed E-state index contributed by atoms with van der Waals surface area (Å²) in [6, 6.07) is 13.5. The number of nitrogens with one attached hydrogen (secondary N) is 2. The standard InChI is InChI=1S/C24H23F3N6O3S/c25-24(26,27)16-4-8-22(29-12-16)30-19-9-10-33(13-21(19)34)37(35,36)17-5-1-14(2-6-17)15-3-7-18-20(11-15)31-32-23(18)28/h1-8,11-12,19,21,34H,9-10,13H2,(H,29,30)(H3,28,31,32)/t19-,21+/m1/s1. The monoisotopic (exact) mass is 532 g/mol. The number of alkyl halides is 3. The molecule has 5 rings (SSSR count). The molecule has 1 fully saturated rings. The number of aliphatic hydroxyl groups excluding tert-OH is 1. The van der Waals surface area contributed by atoms with Crippen molar-refractivity contribution in [1.29, 1.82) is 0 Å². The van der Waals surface area contributed by atoms with Gasteiger partial charge in [-0.1, -0.05) is 18.2 Å². The third kappa shape index (κ3) is 4.97. The number of anilines is 2. The number of fused-ring (bicyclic) bond motifs is 1. The molecule has 1 aliphatic heterocycles. The molecule has 0 bridgehead atoms. The van der Waals surface area contributed by atoms with Crippen molar-refractivity contribution in [3.8, 4) is 11.1 Å². The highest BCUT2D eigenvalue weighted by Gasteiger charge is 2.35. The molecule has 0 radical (unpaired) electrons. The van der Waals surface area contributed by atoms with E-state index in [1.54, 1.807) is 12.1 Å². The Morgan fingerprint density at radius 2 is 1.81 bits per heavy atom. The molecule has 0 saturated carbocycles. The summed E-state index contributed by atoms with van der Waals surface area (Å²) in [4.78, 5) is 3.84. The number of sulfonamides is 1. The van der Waals surface area contributed by atoms with Crippen LogP contribution in [0.15, 0.2) is 65.7 Å². The second-order valence-electron chi connectivity index (χ2n) is 8.79. The topological polar surface area (TPSA) is 137 Å². The van der Waals surface area contributed by atoms with Crippen LogP contribution in [0.4, 0.5) is 24.8 Å². The van der Waals surface area contributed by atoms with Crippen LogP contribution in [0, 0.1) is 0 Å². The van der Waals surface area contributed by atoms with Gasteiger partial charge in [-0.3, -0.25) is 5.10 Å². The van der Waals surface area contributed by atoms with Crippen molar-refractivity contribution < 1.29 is 26.7 Å². The minimum atomic E-state index is -4.50. The van der Waals surface area contributed by atoms with Gasteiger partial charge in [-0.05, 0) is 53.9 Å². The fourth-order valence-electron chi connectivity index (χ4n) is 4.31. The molecule has 0 aliphatic carbocycles. The third-order valence-corrected chi connectivity index (χ3v) is 8.27. The fraction of sp³-hybridized carbons (Fsp3) is 0.250. The average Bonchev–Trinajstić information content (AvgIpc) is 3.25. The van der Waals surface area contributed by atoms with Crippen LogP contribution in [0.3, 0.4) is 0 Å². The number of H-pyrrole nitrogens is 1. The van der Waals surface area contributed by atoms with Gasteiger partial charge in [0.2, 0.25) is 10.0 Å². The van der Waals surface area contributed by atoms with Crippen molar-refractivity contribution in [2.24, 2.45) is 0 Å². The lowest BCUT2D eigenvalue weighted by molar-refractivity contribution is -0.137. The Labute approximate surface area is 210 Å². The van der Waals surface area contributed by atoms with E-state index in [-0.39, 0.29) is 30.2 Å². The second-order valence-corrected chi connectivity index (χ2v) is 10.7. The number of nitrogens with zero attached hydrogens (tertiary/aromatic N) is 3. The highest BCUT2D eigenvalue weighted by atomic mass is 32.2. The zero-order valence-electron chi connectivity index (χ0n) is 19.3. The molecule has 1 saturated heterocycles. The first-order chi connectivity index (χ1) is 17.5. The molecule has 4 aromatic rings. The minimum Gasteiger partial charge on any atom is -0.390 e. The van der Waals surface area contributed by atoms with Gasteiger partial charge in [-0.15, -0.1) is 0 Å². The molecule has 194 valence electrons. The molecule has 2 atom stereocenters. The lowest BCUT2D eigenvalue weighted by Gasteiger charge is -2.35. The van der Waals surface area contributed by atoms with Crippen LogP contribution < -0.4 is 11.1 Å². The number of aliphatic hydroxyl groups is 1. The van der Waals surface area contributed by atoms with Gasteiger partial charge in [-0.2, -0.15) is 22.6 Å². The first-order valence-electron chi connectivity index (χ1n) is 11.3. The largest absolute Gasteiger partial charge is 0.417 e. The second kappa shape index (κ2) is 9.32. The van der Waals surface area contributed by atoms with E-state index in [1.807, 2.05) is 18.2 Å². The Kier molecular flexibility index (Phi) is 6.30. The molecule has 2 aromatic carbocycles. The van der Waals surface area contributed by atoms with Crippen molar-refractivity contribution in [1.82, 2.24) is 19.5 Å². The quantitative estimate of drug-likeness (QED) is 0.309. The van der Waals surface area contributed by atoms with E-state index in [1.165, 1.54) is 22.5 Å². The number of hydrogen-bond donors (Lipinski definition) is 4. The third-order valence-electron chi connectivity index (χ3n) is 6.39. The highest BCUT2D eigenvalue weighted by molar-refractivity contribution is 7.89. The van der Waals surface area contributed by atoms with Gasteiger partial charge in [-0.25, -0.2) is 13.4 Å². The number of β-amino-alcohol motifs (C(OH)–C–C–N with tert-alkyl or cyclic N) is 1. The summed E-state index contributed by atoms with van der Waals surface area (Å²) < 4.78 is 65.8. The highest BCUT2D eigenvalue weighted by Crippen LogP contribution is 2.30. The molecule has 0 unspecified atom stereocenters. The van der Waals surface area contributed by atoms with E-state index in [0.29, 0.717) is 12.0 Å². The molecule has 0 spiro atoms. The summed E-state index contributed by atoms with van der Waals surface area (Å²) in [5, 5.41) is 21.1. The van der Waals surface area contributed by atoms with E-state index < -0.39 is 33.9 Å². The molecule has 0 amide bonds. The van der Waals surface area contributed by atoms with Crippen LogP contribution in [0.25, 0.3) is 22.0 Å². The van der Waals surface area contributed by atoms with E-state index in [2.05, 4.69) is 20.5 Å². The van der Waals surface area contributed by atoms with E-state index in [9.17, 15) is 26.7 Å². The van der Waals surface area contributed by atoms with Crippen molar-refractivity contribution in [3.63, 3.8) is 0 Å². The van der Waals surface area contributed by atoms with Crippen LogP contribution in [0.2, 0.25) is 0 Å². The Morgan fingerprint density at radius 3 is 2.46 bits per heavy atom. The molecular formula is C24H23F3N6O3S. The van der Waals surface area contributed by atoms with Gasteiger partial charge in [0.05, 0.1) is 28.1 Å². The van der Waals surface area contributed by atoms with Crippen LogP contribution in [-0.4, -0.2) is 58.2 Å². The number of nitrogens with two attached hydrogens (primary N) is 1. The van der Waals surface area contributed by atoms with Crippen molar-refractivity contribution in [3.05, 3.63) is 66.4 Å². The average molecular weight is 533 g/mol. The summed E-state index contributed by atoms with van der Waals surface area (Å²) >= 11 is 0. The van der Waals surface area contributed by atoms with Crippen molar-refractivity contribution in [2.75, 3.05) is 24.1 Å². The van der Waals surface area contributed by atoms with E-state index in [0.717, 1.165) is 28.1 Å². The predicted molar refractivity (Wildman–Crippen MR) is 132 cm³/mol. The van der Waals surface area contributed by atoms with Gasteiger partial charge in [0.15, 0.2) is 5.82 Å². The molecule has 1 aliphatic rings. The number of aromatic nitrogens is 3. The number of benzene rings is 2. The molecular weight excluding hydrogens is 509 g/mol. The van der Waals surface area contributed by atoms with Crippen LogP contribution >= 0.6 is 0 Å². The Bertz CT molecular complexity index is 1520. The van der Waals surface area contributed by atoms with Gasteiger partial charge < -0.3 is 16.2 Å². The summed E-state index contributed by atoms with van der Waals surface area (Å²) in [5.74, 6) is 0.569. The van der Waals surface area contributed by atoms with Crippen molar-refractivity contribution >= 4 is 32.6 Å². The summed E-state index contributed by atoms with van der Waals surface area (Å²) in [7, 11) is -3.87. The van der Waals surface area contributed by atoms with Gasteiger partial charge >= 0.3 is 6.18 Å². The maximum Gasteiger partial charge on any atom is 0.417 e. The maximum atomic E-state index is 13.2. The Morgan fingerprint density at radius 1 is 1.08 bits per heavy atom. The number of halogens is 3. The Hall–Kier alpha value is -3.68. The van der Waals surface area contributed by atoms with Crippen LogP contribution in [-0.2, 0) is 16.2 Å². The Balaban J connectivity index is 1.25. The number of piperidine rings is 1. The number of hydrogen-bond acceptors (Lipinski definition) is 7. The molecule has 37 heavy (non-hydrogen) atoms. The van der Waals surface area contributed by atoms with Crippen LogP contribution in [0.1, 0.15) is 12.0 Å². The normalized spacial score (nSPS) is 19.2. The number of rotatable bonds is 5. The zero-order valence-corrected chi connectivity index (χ0v) is 20.1. The van der Waals surface area contributed by atoms with Crippen molar-refractivity contribution in [2.45, 2.75) is 29.6 Å². The lowest BCUT2D eigenvalue weighted by Crippen LogP contribution is -2.51. The van der Waals surface area contributed by atoms with Gasteiger partial charge in [0.1, 0.15) is 5.82 Å². The first-order valence-corrected chi connectivity index (χ1v) is 12.8. The molecule has 3 heterocycles. The van der Waals surface area contributed by atoms with Gasteiger partial charge in [0, 0.05) is 24.7 Å². The number of pyridine rings is 1.